The Morgan fingerprint density at radius 3 is 2.67 bits per heavy atom. The van der Waals surface area contributed by atoms with Crippen molar-refractivity contribution in [2.24, 2.45) is 5.73 Å². The number of hydrogen-bond donors (Lipinski definition) is 2. The van der Waals surface area contributed by atoms with Crippen molar-refractivity contribution in [1.29, 1.82) is 5.26 Å². The van der Waals surface area contributed by atoms with Gasteiger partial charge in [0.2, 0.25) is 5.91 Å². The van der Waals surface area contributed by atoms with Gasteiger partial charge in [0.15, 0.2) is 0 Å². The standard InChI is InChI=1S/C10H13N3OS/c1-5-7(3)15-10(8(5)4-11)13-9(14)6(2)12/h6H,12H2,1-3H3,(H,13,14)/t6-/m1/s1. The second-order valence-electron chi connectivity index (χ2n) is 3.38. The van der Waals surface area contributed by atoms with E-state index in [0.717, 1.165) is 10.4 Å². The van der Waals surface area contributed by atoms with E-state index in [2.05, 4.69) is 11.4 Å². The summed E-state index contributed by atoms with van der Waals surface area (Å²) in [5, 5.41) is 12.2. The molecule has 0 spiro atoms. The van der Waals surface area contributed by atoms with Gasteiger partial charge in [-0.15, -0.1) is 11.3 Å². The molecule has 1 aromatic rings. The number of nitrogens with zero attached hydrogens (tertiary/aromatic N) is 1. The van der Waals surface area contributed by atoms with Gasteiger partial charge in [-0.25, -0.2) is 0 Å². The molecule has 0 bridgehead atoms. The Bertz CT molecular complexity index is 429. The summed E-state index contributed by atoms with van der Waals surface area (Å²) in [6.45, 7) is 5.39. The summed E-state index contributed by atoms with van der Waals surface area (Å²) in [5.41, 5.74) is 6.88. The minimum Gasteiger partial charge on any atom is -0.320 e. The van der Waals surface area contributed by atoms with Crippen LogP contribution in [0, 0.1) is 25.2 Å². The number of carbonyl (C=O) groups is 1. The molecule has 0 aliphatic rings. The van der Waals surface area contributed by atoms with Crippen LogP contribution in [0.15, 0.2) is 0 Å². The maximum Gasteiger partial charge on any atom is 0.241 e. The first-order valence-electron chi connectivity index (χ1n) is 4.54. The number of nitrogens with two attached hydrogens (primary N) is 1. The number of amides is 1. The molecule has 5 heteroatoms. The number of thiophene rings is 1. The van der Waals surface area contributed by atoms with Gasteiger partial charge in [0.05, 0.1) is 11.6 Å². The molecule has 0 saturated heterocycles. The Balaban J connectivity index is 3.02. The van der Waals surface area contributed by atoms with E-state index in [1.807, 2.05) is 13.8 Å². The Morgan fingerprint density at radius 1 is 1.60 bits per heavy atom. The molecule has 0 aliphatic heterocycles. The predicted molar refractivity (Wildman–Crippen MR) is 60.8 cm³/mol. The van der Waals surface area contributed by atoms with Gasteiger partial charge in [-0.1, -0.05) is 0 Å². The smallest absolute Gasteiger partial charge is 0.241 e. The fraction of sp³-hybridized carbons (Fsp3) is 0.400. The van der Waals surface area contributed by atoms with E-state index >= 15 is 0 Å². The van der Waals surface area contributed by atoms with Crippen molar-refractivity contribution in [3.8, 4) is 6.07 Å². The number of nitrogens with one attached hydrogen (secondary N) is 1. The van der Waals surface area contributed by atoms with E-state index in [4.69, 9.17) is 11.0 Å². The molecule has 1 atom stereocenters. The zero-order valence-electron chi connectivity index (χ0n) is 8.92. The van der Waals surface area contributed by atoms with Gasteiger partial charge in [-0.2, -0.15) is 5.26 Å². The maximum atomic E-state index is 11.4. The largest absolute Gasteiger partial charge is 0.320 e. The summed E-state index contributed by atoms with van der Waals surface area (Å²) in [6.07, 6.45) is 0. The number of rotatable bonds is 2. The van der Waals surface area contributed by atoms with Crippen LogP contribution >= 0.6 is 11.3 Å². The van der Waals surface area contributed by atoms with Crippen LogP contribution in [0.2, 0.25) is 0 Å². The highest BCUT2D eigenvalue weighted by atomic mass is 32.1. The van der Waals surface area contributed by atoms with Gasteiger partial charge in [-0.3, -0.25) is 4.79 Å². The highest BCUT2D eigenvalue weighted by Crippen LogP contribution is 2.31. The van der Waals surface area contributed by atoms with Crippen molar-refractivity contribution < 1.29 is 4.79 Å². The highest BCUT2D eigenvalue weighted by molar-refractivity contribution is 7.16. The quantitative estimate of drug-likeness (QED) is 0.797. The van der Waals surface area contributed by atoms with Gasteiger partial charge in [0, 0.05) is 4.88 Å². The van der Waals surface area contributed by atoms with Crippen LogP contribution < -0.4 is 11.1 Å². The second-order valence-corrected chi connectivity index (χ2v) is 4.60. The average Bonchev–Trinajstić information content (AvgIpc) is 2.42. The van der Waals surface area contributed by atoms with Crippen LogP contribution in [0.4, 0.5) is 5.00 Å². The molecule has 80 valence electrons. The molecule has 15 heavy (non-hydrogen) atoms. The van der Waals surface area contributed by atoms with Crippen molar-refractivity contribution >= 4 is 22.2 Å². The minimum atomic E-state index is -0.570. The molecule has 0 aliphatic carbocycles. The van der Waals surface area contributed by atoms with E-state index in [1.54, 1.807) is 6.92 Å². The molecule has 1 heterocycles. The van der Waals surface area contributed by atoms with Gasteiger partial charge >= 0.3 is 0 Å². The molecule has 0 unspecified atom stereocenters. The van der Waals surface area contributed by atoms with E-state index in [-0.39, 0.29) is 5.91 Å². The molecule has 0 aromatic carbocycles. The zero-order valence-corrected chi connectivity index (χ0v) is 9.73. The lowest BCUT2D eigenvalue weighted by Crippen LogP contribution is -2.32. The molecule has 0 fully saturated rings. The van der Waals surface area contributed by atoms with Crippen molar-refractivity contribution in [2.75, 3.05) is 5.32 Å². The summed E-state index contributed by atoms with van der Waals surface area (Å²) >= 11 is 1.40. The van der Waals surface area contributed by atoms with Crippen LogP contribution in [0.25, 0.3) is 0 Å². The molecule has 1 aromatic heterocycles. The number of aryl methyl sites for hydroxylation is 1. The fourth-order valence-electron chi connectivity index (χ4n) is 1.08. The van der Waals surface area contributed by atoms with Gasteiger partial charge in [0.25, 0.3) is 0 Å². The normalized spacial score (nSPS) is 11.9. The minimum absolute atomic E-state index is 0.271. The molecular formula is C10H13N3OS. The Labute approximate surface area is 92.7 Å². The monoisotopic (exact) mass is 223 g/mol. The van der Waals surface area contributed by atoms with Crippen LogP contribution in [0.5, 0.6) is 0 Å². The maximum absolute atomic E-state index is 11.4. The molecule has 4 nitrogen and oxygen atoms in total. The van der Waals surface area contributed by atoms with Crippen molar-refractivity contribution in [2.45, 2.75) is 26.8 Å². The number of anilines is 1. The zero-order chi connectivity index (χ0) is 11.6. The lowest BCUT2D eigenvalue weighted by molar-refractivity contribution is -0.117. The first-order chi connectivity index (χ1) is 6.97. The lowest BCUT2D eigenvalue weighted by Gasteiger charge is -2.05. The van der Waals surface area contributed by atoms with Crippen molar-refractivity contribution in [3.63, 3.8) is 0 Å². The molecule has 0 saturated carbocycles. The summed E-state index contributed by atoms with van der Waals surface area (Å²) in [7, 11) is 0. The third kappa shape index (κ3) is 2.35. The summed E-state index contributed by atoms with van der Waals surface area (Å²) in [4.78, 5) is 12.4. The van der Waals surface area contributed by atoms with E-state index in [9.17, 15) is 4.79 Å². The third-order valence-corrected chi connectivity index (χ3v) is 3.27. The van der Waals surface area contributed by atoms with Crippen molar-refractivity contribution in [3.05, 3.63) is 16.0 Å². The van der Waals surface area contributed by atoms with Crippen LogP contribution in [0.1, 0.15) is 22.9 Å². The van der Waals surface area contributed by atoms with Gasteiger partial charge in [-0.05, 0) is 26.3 Å². The van der Waals surface area contributed by atoms with Gasteiger partial charge in [0.1, 0.15) is 11.1 Å². The summed E-state index contributed by atoms with van der Waals surface area (Å²) < 4.78 is 0. The fourth-order valence-corrected chi connectivity index (χ4v) is 2.09. The Morgan fingerprint density at radius 2 is 2.20 bits per heavy atom. The van der Waals surface area contributed by atoms with Gasteiger partial charge < -0.3 is 11.1 Å². The second kappa shape index (κ2) is 4.43. The Kier molecular flexibility index (Phi) is 3.45. The average molecular weight is 223 g/mol. The summed E-state index contributed by atoms with van der Waals surface area (Å²) in [5.74, 6) is -0.271. The molecule has 1 rings (SSSR count). The lowest BCUT2D eigenvalue weighted by atomic mass is 10.2. The molecular weight excluding hydrogens is 210 g/mol. The summed E-state index contributed by atoms with van der Waals surface area (Å²) in [6, 6.07) is 1.51. The highest BCUT2D eigenvalue weighted by Gasteiger charge is 2.15. The first kappa shape index (κ1) is 11.7. The molecule has 0 radical (unpaired) electrons. The number of nitriles is 1. The molecule has 1 amide bonds. The number of hydrogen-bond acceptors (Lipinski definition) is 4. The number of carbonyl (C=O) groups excluding carboxylic acids is 1. The topological polar surface area (TPSA) is 78.9 Å². The predicted octanol–water partition coefficient (Wildman–Crippen LogP) is 1.52. The van der Waals surface area contributed by atoms with Crippen LogP contribution in [0.3, 0.4) is 0 Å². The van der Waals surface area contributed by atoms with Crippen molar-refractivity contribution in [1.82, 2.24) is 0 Å². The first-order valence-corrected chi connectivity index (χ1v) is 5.35. The van der Waals surface area contributed by atoms with E-state index in [0.29, 0.717) is 10.6 Å². The van der Waals surface area contributed by atoms with E-state index in [1.165, 1.54) is 11.3 Å². The van der Waals surface area contributed by atoms with Crippen LogP contribution in [-0.4, -0.2) is 11.9 Å². The third-order valence-electron chi connectivity index (χ3n) is 2.15. The van der Waals surface area contributed by atoms with E-state index < -0.39 is 6.04 Å². The SMILES string of the molecule is Cc1sc(NC(=O)[C@@H](C)N)c(C#N)c1C. The Hall–Kier alpha value is -1.38. The molecule has 3 N–H and O–H groups in total. The van der Waals surface area contributed by atoms with Crippen LogP contribution in [-0.2, 0) is 4.79 Å².